The van der Waals surface area contributed by atoms with Crippen LogP contribution in [0.15, 0.2) is 11.0 Å². The highest BCUT2D eigenvalue weighted by Gasteiger charge is 2.04. The molecule has 1 heterocycles. The first kappa shape index (κ1) is 13.6. The summed E-state index contributed by atoms with van der Waals surface area (Å²) in [5.41, 5.74) is 0.0673. The minimum atomic E-state index is 0.0673. The molecule has 0 aliphatic carbocycles. The number of hydrogen-bond acceptors (Lipinski definition) is 3. The number of nitrogens with zero attached hydrogens (tertiary/aromatic N) is 2. The van der Waals surface area contributed by atoms with E-state index in [-0.39, 0.29) is 5.56 Å². The first-order valence-electron chi connectivity index (χ1n) is 5.47. The molecular weight excluding hydrogens is 317 g/mol. The Morgan fingerprint density at radius 1 is 1.56 bits per heavy atom. The van der Waals surface area contributed by atoms with Crippen LogP contribution >= 0.6 is 22.6 Å². The molecule has 1 rings (SSSR count). The fourth-order valence-electron chi connectivity index (χ4n) is 1.44. The van der Waals surface area contributed by atoms with E-state index in [0.29, 0.717) is 9.61 Å². The molecule has 0 unspecified atom stereocenters. The van der Waals surface area contributed by atoms with Gasteiger partial charge in [-0.05, 0) is 42.5 Å². The number of nitrogens with one attached hydrogen (secondary N) is 1. The van der Waals surface area contributed by atoms with E-state index in [1.165, 1.54) is 0 Å². The lowest BCUT2D eigenvalue weighted by Gasteiger charge is -2.11. The second-order valence-corrected chi connectivity index (χ2v) is 5.23. The fourth-order valence-corrected chi connectivity index (χ4v) is 1.87. The first-order valence-corrected chi connectivity index (χ1v) is 6.55. The monoisotopic (exact) mass is 335 g/mol. The molecule has 0 atom stereocenters. The number of aromatic nitrogens is 2. The van der Waals surface area contributed by atoms with E-state index in [4.69, 9.17) is 0 Å². The average molecular weight is 335 g/mol. The van der Waals surface area contributed by atoms with Crippen molar-refractivity contribution >= 4 is 22.6 Å². The van der Waals surface area contributed by atoms with E-state index in [0.717, 1.165) is 25.3 Å². The van der Waals surface area contributed by atoms with Gasteiger partial charge in [0.25, 0.3) is 5.56 Å². The van der Waals surface area contributed by atoms with Crippen LogP contribution in [0.3, 0.4) is 0 Å². The Morgan fingerprint density at radius 3 is 2.88 bits per heavy atom. The second kappa shape index (κ2) is 6.34. The third-order valence-electron chi connectivity index (χ3n) is 2.32. The molecule has 16 heavy (non-hydrogen) atoms. The Bertz CT molecular complexity index is 401. The van der Waals surface area contributed by atoms with Crippen molar-refractivity contribution in [3.63, 3.8) is 0 Å². The smallest absolute Gasteiger partial charge is 0.266 e. The van der Waals surface area contributed by atoms with Gasteiger partial charge in [-0.25, -0.2) is 4.98 Å². The molecular formula is C11H18IN3O. The van der Waals surface area contributed by atoms with Gasteiger partial charge in [0, 0.05) is 18.8 Å². The number of aryl methyl sites for hydroxylation is 1. The molecule has 0 amide bonds. The summed E-state index contributed by atoms with van der Waals surface area (Å²) in [6.07, 6.45) is 2.57. The lowest BCUT2D eigenvalue weighted by molar-refractivity contribution is 0.519. The van der Waals surface area contributed by atoms with Crippen molar-refractivity contribution in [1.82, 2.24) is 14.9 Å². The van der Waals surface area contributed by atoms with E-state index in [2.05, 4.69) is 24.1 Å². The van der Waals surface area contributed by atoms with Crippen LogP contribution in [-0.2, 0) is 6.54 Å². The summed E-state index contributed by atoms with van der Waals surface area (Å²) in [7, 11) is 0. The lowest BCUT2D eigenvalue weighted by Crippen LogP contribution is -2.29. The van der Waals surface area contributed by atoms with E-state index in [1.807, 2.05) is 29.5 Å². The Kier molecular flexibility index (Phi) is 5.40. The molecule has 1 N–H and O–H groups in total. The van der Waals surface area contributed by atoms with Crippen LogP contribution in [0.1, 0.15) is 26.1 Å². The molecule has 1 aromatic heterocycles. The van der Waals surface area contributed by atoms with Gasteiger partial charge in [-0.1, -0.05) is 13.8 Å². The summed E-state index contributed by atoms with van der Waals surface area (Å²) in [5, 5.41) is 3.33. The zero-order valence-corrected chi connectivity index (χ0v) is 12.1. The number of hydrogen-bond donors (Lipinski definition) is 1. The quantitative estimate of drug-likeness (QED) is 0.656. The van der Waals surface area contributed by atoms with Crippen LogP contribution < -0.4 is 10.9 Å². The van der Waals surface area contributed by atoms with Gasteiger partial charge in [0.15, 0.2) is 0 Å². The van der Waals surface area contributed by atoms with E-state index in [1.54, 1.807) is 10.8 Å². The zero-order valence-electron chi connectivity index (χ0n) is 9.96. The molecule has 0 saturated carbocycles. The average Bonchev–Trinajstić information content (AvgIpc) is 2.22. The second-order valence-electron chi connectivity index (χ2n) is 4.07. The maximum absolute atomic E-state index is 11.8. The predicted octanol–water partition coefficient (Wildman–Crippen LogP) is 1.54. The first-order chi connectivity index (χ1) is 7.52. The third kappa shape index (κ3) is 3.86. The van der Waals surface area contributed by atoms with Crippen LogP contribution in [-0.4, -0.2) is 22.1 Å². The Hall–Kier alpha value is -0.430. The van der Waals surface area contributed by atoms with Crippen molar-refractivity contribution in [3.05, 3.63) is 25.9 Å². The molecule has 5 heteroatoms. The van der Waals surface area contributed by atoms with Gasteiger partial charge in [0.05, 0.1) is 3.57 Å². The summed E-state index contributed by atoms with van der Waals surface area (Å²) >= 11 is 2.03. The molecule has 4 nitrogen and oxygen atoms in total. The molecule has 0 saturated heterocycles. The van der Waals surface area contributed by atoms with Gasteiger partial charge in [-0.2, -0.15) is 0 Å². The van der Waals surface area contributed by atoms with Crippen molar-refractivity contribution in [2.45, 2.75) is 39.8 Å². The standard InChI is InChI=1S/C11H18IN3O/c1-8(2)13-5-4-6-15-9(3)14-7-10(12)11(15)16/h7-8,13H,4-6H2,1-3H3. The minimum absolute atomic E-state index is 0.0673. The van der Waals surface area contributed by atoms with Gasteiger partial charge in [0.1, 0.15) is 5.82 Å². The minimum Gasteiger partial charge on any atom is -0.314 e. The van der Waals surface area contributed by atoms with E-state index < -0.39 is 0 Å². The van der Waals surface area contributed by atoms with E-state index >= 15 is 0 Å². The molecule has 0 fully saturated rings. The number of halogens is 1. The summed E-state index contributed by atoms with van der Waals surface area (Å²) in [6, 6.07) is 0.492. The largest absolute Gasteiger partial charge is 0.314 e. The van der Waals surface area contributed by atoms with Crippen molar-refractivity contribution in [2.75, 3.05) is 6.54 Å². The molecule has 0 aliphatic rings. The van der Waals surface area contributed by atoms with Crippen LogP contribution in [0.2, 0.25) is 0 Å². The maximum Gasteiger partial charge on any atom is 0.266 e. The van der Waals surface area contributed by atoms with Crippen LogP contribution in [0.25, 0.3) is 0 Å². The van der Waals surface area contributed by atoms with Crippen LogP contribution in [0, 0.1) is 10.5 Å². The van der Waals surface area contributed by atoms with Gasteiger partial charge in [-0.3, -0.25) is 9.36 Å². The summed E-state index contributed by atoms with van der Waals surface area (Å²) in [6.45, 7) is 7.76. The van der Waals surface area contributed by atoms with Crippen molar-refractivity contribution in [2.24, 2.45) is 0 Å². The highest BCUT2D eigenvalue weighted by Crippen LogP contribution is 1.98. The van der Waals surface area contributed by atoms with Gasteiger partial charge in [-0.15, -0.1) is 0 Å². The van der Waals surface area contributed by atoms with Crippen LogP contribution in [0.5, 0.6) is 0 Å². The maximum atomic E-state index is 11.8. The van der Waals surface area contributed by atoms with Gasteiger partial charge < -0.3 is 5.32 Å². The molecule has 0 spiro atoms. The normalized spacial score (nSPS) is 11.1. The van der Waals surface area contributed by atoms with Crippen molar-refractivity contribution < 1.29 is 0 Å². The molecule has 0 aromatic carbocycles. The fraction of sp³-hybridized carbons (Fsp3) is 0.636. The Balaban J connectivity index is 2.60. The van der Waals surface area contributed by atoms with Crippen LogP contribution in [0.4, 0.5) is 0 Å². The predicted molar refractivity (Wildman–Crippen MR) is 73.7 cm³/mol. The highest BCUT2D eigenvalue weighted by atomic mass is 127. The molecule has 1 aromatic rings. The summed E-state index contributed by atoms with van der Waals surface area (Å²) in [5.74, 6) is 0.787. The molecule has 90 valence electrons. The lowest BCUT2D eigenvalue weighted by atomic mass is 10.3. The summed E-state index contributed by atoms with van der Waals surface area (Å²) in [4.78, 5) is 16.0. The molecule has 0 radical (unpaired) electrons. The highest BCUT2D eigenvalue weighted by molar-refractivity contribution is 14.1. The van der Waals surface area contributed by atoms with Gasteiger partial charge in [0.2, 0.25) is 0 Å². The Labute approximate surface area is 110 Å². The third-order valence-corrected chi connectivity index (χ3v) is 3.06. The Morgan fingerprint density at radius 2 is 2.25 bits per heavy atom. The molecule has 0 bridgehead atoms. The van der Waals surface area contributed by atoms with Crippen molar-refractivity contribution in [3.8, 4) is 0 Å². The molecule has 0 aliphatic heterocycles. The van der Waals surface area contributed by atoms with E-state index in [9.17, 15) is 4.79 Å². The SMILES string of the molecule is Cc1ncc(I)c(=O)n1CCCNC(C)C. The van der Waals surface area contributed by atoms with Gasteiger partial charge >= 0.3 is 0 Å². The topological polar surface area (TPSA) is 46.9 Å². The summed E-state index contributed by atoms with van der Waals surface area (Å²) < 4.78 is 2.42. The zero-order chi connectivity index (χ0) is 12.1. The van der Waals surface area contributed by atoms with Crippen molar-refractivity contribution in [1.29, 1.82) is 0 Å². The number of rotatable bonds is 5.